The minimum absolute atomic E-state index is 0. The van der Waals surface area contributed by atoms with Gasteiger partial charge in [0.25, 0.3) is 0 Å². The van der Waals surface area contributed by atoms with E-state index in [-0.39, 0.29) is 24.0 Å². The highest BCUT2D eigenvalue weighted by Crippen LogP contribution is 2.30. The van der Waals surface area contributed by atoms with Gasteiger partial charge in [-0.3, -0.25) is 4.99 Å². The molecule has 29 heavy (non-hydrogen) atoms. The largest absolute Gasteiger partial charge is 0.434 e. The van der Waals surface area contributed by atoms with Crippen LogP contribution in [-0.4, -0.2) is 68.8 Å². The Balaban J connectivity index is 0.00000420. The van der Waals surface area contributed by atoms with Gasteiger partial charge < -0.3 is 20.3 Å². The van der Waals surface area contributed by atoms with Crippen molar-refractivity contribution in [1.29, 1.82) is 0 Å². The van der Waals surface area contributed by atoms with Gasteiger partial charge in [-0.1, -0.05) is 0 Å². The summed E-state index contributed by atoms with van der Waals surface area (Å²) in [5.74, 6) is 1.26. The van der Waals surface area contributed by atoms with Gasteiger partial charge in [0.2, 0.25) is 0 Å². The predicted molar refractivity (Wildman–Crippen MR) is 121 cm³/mol. The van der Waals surface area contributed by atoms with Crippen molar-refractivity contribution in [3.63, 3.8) is 0 Å². The second-order valence-electron chi connectivity index (χ2n) is 6.80. The van der Waals surface area contributed by atoms with Gasteiger partial charge >= 0.3 is 6.18 Å². The number of methoxy groups -OCH3 is 1. The molecule has 2 N–H and O–H groups in total. The number of aromatic nitrogens is 1. The van der Waals surface area contributed by atoms with Crippen LogP contribution in [0.15, 0.2) is 10.4 Å². The molecule has 0 bridgehead atoms. The topological polar surface area (TPSA) is 61.8 Å². The van der Waals surface area contributed by atoms with Crippen molar-refractivity contribution in [1.82, 2.24) is 20.5 Å². The second-order valence-corrected chi connectivity index (χ2v) is 7.74. The van der Waals surface area contributed by atoms with E-state index in [4.69, 9.17) is 4.74 Å². The summed E-state index contributed by atoms with van der Waals surface area (Å²) in [4.78, 5) is 10.7. The molecule has 168 valence electrons. The van der Waals surface area contributed by atoms with Gasteiger partial charge in [0.05, 0.1) is 11.6 Å². The molecule has 0 aromatic carbocycles. The third-order valence-corrected chi connectivity index (χ3v) is 5.55. The average molecular weight is 549 g/mol. The average Bonchev–Trinajstić information content (AvgIpc) is 3.15. The SMILES string of the molecule is CCNC(=NCC1CCN(CCOC)CC1)NCCc1nc(C(F)(F)F)cs1.I. The maximum absolute atomic E-state index is 12.6. The Morgan fingerprint density at radius 3 is 2.66 bits per heavy atom. The minimum Gasteiger partial charge on any atom is -0.383 e. The molecule has 6 nitrogen and oxygen atoms in total. The summed E-state index contributed by atoms with van der Waals surface area (Å²) in [6.07, 6.45) is -1.71. The van der Waals surface area contributed by atoms with E-state index in [0.29, 0.717) is 29.9 Å². The first-order valence-corrected chi connectivity index (χ1v) is 10.6. The van der Waals surface area contributed by atoms with Gasteiger partial charge in [-0.05, 0) is 38.8 Å². The molecule has 1 saturated heterocycles. The van der Waals surface area contributed by atoms with E-state index in [1.807, 2.05) is 6.92 Å². The van der Waals surface area contributed by atoms with Crippen LogP contribution in [0.4, 0.5) is 13.2 Å². The Hall–Kier alpha value is -0.660. The molecule has 1 aromatic rings. The van der Waals surface area contributed by atoms with E-state index in [9.17, 15) is 13.2 Å². The number of halogens is 4. The lowest BCUT2D eigenvalue weighted by Crippen LogP contribution is -2.40. The molecule has 11 heteroatoms. The summed E-state index contributed by atoms with van der Waals surface area (Å²) >= 11 is 1.04. The van der Waals surface area contributed by atoms with Crippen molar-refractivity contribution < 1.29 is 17.9 Å². The number of rotatable bonds is 9. The molecule has 1 aliphatic rings. The number of alkyl halides is 3. The first-order chi connectivity index (χ1) is 13.4. The monoisotopic (exact) mass is 549 g/mol. The number of piperidine rings is 1. The number of ether oxygens (including phenoxy) is 1. The summed E-state index contributed by atoms with van der Waals surface area (Å²) in [6.45, 7) is 7.84. The molecule has 0 saturated carbocycles. The summed E-state index contributed by atoms with van der Waals surface area (Å²) in [7, 11) is 1.72. The lowest BCUT2D eigenvalue weighted by Gasteiger charge is -2.31. The fourth-order valence-electron chi connectivity index (χ4n) is 3.02. The number of thiazole rings is 1. The number of guanidine groups is 1. The number of hydrogen-bond acceptors (Lipinski definition) is 5. The Bertz CT molecular complexity index is 607. The molecule has 0 radical (unpaired) electrons. The molecule has 0 unspecified atom stereocenters. The van der Waals surface area contributed by atoms with Gasteiger partial charge in [0.15, 0.2) is 11.7 Å². The first-order valence-electron chi connectivity index (χ1n) is 9.67. The number of nitrogens with one attached hydrogen (secondary N) is 2. The van der Waals surface area contributed by atoms with Crippen LogP contribution in [0.2, 0.25) is 0 Å². The van der Waals surface area contributed by atoms with Gasteiger partial charge in [-0.15, -0.1) is 35.3 Å². The van der Waals surface area contributed by atoms with Crippen molar-refractivity contribution >= 4 is 41.3 Å². The molecule has 2 heterocycles. The van der Waals surface area contributed by atoms with Crippen molar-refractivity contribution in [2.75, 3.05) is 53.0 Å². The summed E-state index contributed by atoms with van der Waals surface area (Å²) < 4.78 is 42.9. The first kappa shape index (κ1) is 26.4. The molecule has 0 aliphatic carbocycles. The van der Waals surface area contributed by atoms with Gasteiger partial charge in [0, 0.05) is 45.1 Å². The highest BCUT2D eigenvalue weighted by Gasteiger charge is 2.33. The lowest BCUT2D eigenvalue weighted by molar-refractivity contribution is -0.140. The zero-order valence-corrected chi connectivity index (χ0v) is 20.1. The van der Waals surface area contributed by atoms with Crippen LogP contribution in [0.25, 0.3) is 0 Å². The zero-order chi connectivity index (χ0) is 20.4. The zero-order valence-electron chi connectivity index (χ0n) is 16.9. The predicted octanol–water partition coefficient (Wildman–Crippen LogP) is 3.24. The molecule has 0 atom stereocenters. The Labute approximate surface area is 191 Å². The Morgan fingerprint density at radius 1 is 1.34 bits per heavy atom. The molecule has 2 rings (SSSR count). The smallest absolute Gasteiger partial charge is 0.383 e. The summed E-state index contributed by atoms with van der Waals surface area (Å²) in [6, 6.07) is 0. The molecule has 0 spiro atoms. The molecular weight excluding hydrogens is 518 g/mol. The summed E-state index contributed by atoms with van der Waals surface area (Å²) in [5.41, 5.74) is -0.815. The normalized spacial score (nSPS) is 16.5. The standard InChI is InChI=1S/C18H30F3N5OS.HI/c1-3-22-17(23-7-4-16-25-15(13-28-16)18(19,20)21)24-12-14-5-8-26(9-6-14)10-11-27-2;/h13-14H,3-12H2,1-2H3,(H2,22,23,24);1H. The van der Waals surface area contributed by atoms with Crippen LogP contribution in [0, 0.1) is 5.92 Å². The van der Waals surface area contributed by atoms with Crippen molar-refractivity contribution in [2.24, 2.45) is 10.9 Å². The molecule has 1 aromatic heterocycles. The highest BCUT2D eigenvalue weighted by molar-refractivity contribution is 14.0. The molecular formula is C18H31F3IN5OS. The summed E-state index contributed by atoms with van der Waals surface area (Å²) in [5, 5.41) is 7.91. The van der Waals surface area contributed by atoms with Crippen LogP contribution in [0.5, 0.6) is 0 Å². The third kappa shape index (κ3) is 9.79. The van der Waals surface area contributed by atoms with E-state index in [2.05, 4.69) is 25.5 Å². The maximum atomic E-state index is 12.6. The molecule has 1 aliphatic heterocycles. The van der Waals surface area contributed by atoms with Crippen LogP contribution in [0.1, 0.15) is 30.5 Å². The maximum Gasteiger partial charge on any atom is 0.434 e. The number of hydrogen-bond donors (Lipinski definition) is 2. The van der Waals surface area contributed by atoms with Crippen molar-refractivity contribution in [2.45, 2.75) is 32.4 Å². The van der Waals surface area contributed by atoms with Crippen LogP contribution in [0.3, 0.4) is 0 Å². The Morgan fingerprint density at radius 2 is 2.07 bits per heavy atom. The molecule has 0 amide bonds. The van der Waals surface area contributed by atoms with Crippen LogP contribution >= 0.6 is 35.3 Å². The van der Waals surface area contributed by atoms with Crippen molar-refractivity contribution in [3.8, 4) is 0 Å². The van der Waals surface area contributed by atoms with E-state index < -0.39 is 11.9 Å². The van der Waals surface area contributed by atoms with E-state index in [1.165, 1.54) is 0 Å². The van der Waals surface area contributed by atoms with Crippen LogP contribution < -0.4 is 10.6 Å². The number of nitrogens with zero attached hydrogens (tertiary/aromatic N) is 3. The Kier molecular flexibility index (Phi) is 12.4. The fraction of sp³-hybridized carbons (Fsp3) is 0.778. The number of likely N-dealkylation sites (tertiary alicyclic amines) is 1. The third-order valence-electron chi connectivity index (χ3n) is 4.64. The van der Waals surface area contributed by atoms with Gasteiger partial charge in [0.1, 0.15) is 0 Å². The second kappa shape index (κ2) is 13.6. The highest BCUT2D eigenvalue weighted by atomic mass is 127. The van der Waals surface area contributed by atoms with Crippen molar-refractivity contribution in [3.05, 3.63) is 16.1 Å². The van der Waals surface area contributed by atoms with E-state index in [1.54, 1.807) is 7.11 Å². The van der Waals surface area contributed by atoms with Gasteiger partial charge in [-0.25, -0.2) is 4.98 Å². The fourth-order valence-corrected chi connectivity index (χ4v) is 3.82. The molecule has 1 fully saturated rings. The van der Waals surface area contributed by atoms with Crippen LogP contribution in [-0.2, 0) is 17.3 Å². The lowest BCUT2D eigenvalue weighted by atomic mass is 9.97. The minimum atomic E-state index is -4.38. The van der Waals surface area contributed by atoms with E-state index >= 15 is 0 Å². The number of aliphatic imine (C=N–C) groups is 1. The van der Waals surface area contributed by atoms with Gasteiger partial charge in [-0.2, -0.15) is 13.2 Å². The quantitative estimate of drug-likeness (QED) is 0.282. The van der Waals surface area contributed by atoms with E-state index in [0.717, 1.165) is 68.9 Å².